The highest BCUT2D eigenvalue weighted by Gasteiger charge is 2.24. The van der Waals surface area contributed by atoms with Crippen molar-refractivity contribution in [1.82, 2.24) is 4.98 Å². The maximum atomic E-state index is 12.0. The Labute approximate surface area is 139 Å². The maximum Gasteiger partial charge on any atom is 0.363 e. The van der Waals surface area contributed by atoms with Crippen LogP contribution in [0.5, 0.6) is 11.5 Å². The van der Waals surface area contributed by atoms with Crippen molar-refractivity contribution in [2.24, 2.45) is 4.99 Å². The molecule has 0 bridgehead atoms. The summed E-state index contributed by atoms with van der Waals surface area (Å²) < 4.78 is 16.6. The Morgan fingerprint density at radius 2 is 2.00 bits per heavy atom. The normalized spacial score (nSPS) is 17.3. The predicted octanol–water partition coefficient (Wildman–Crippen LogP) is 2.92. The third-order valence-electron chi connectivity index (χ3n) is 3.27. The summed E-state index contributed by atoms with van der Waals surface area (Å²) in [6, 6.07) is 7.18. The molecule has 0 spiro atoms. The molecule has 0 N–H and O–H groups in total. The molecule has 0 saturated heterocycles. The van der Waals surface area contributed by atoms with Crippen LogP contribution in [0.3, 0.4) is 0 Å². The fourth-order valence-corrected chi connectivity index (χ4v) is 2.59. The highest BCUT2D eigenvalue weighted by molar-refractivity contribution is 9.10. The fourth-order valence-electron chi connectivity index (χ4n) is 2.22. The van der Waals surface area contributed by atoms with Crippen molar-refractivity contribution in [2.45, 2.75) is 0 Å². The van der Waals surface area contributed by atoms with Crippen LogP contribution in [0.1, 0.15) is 11.1 Å². The van der Waals surface area contributed by atoms with Crippen LogP contribution >= 0.6 is 15.9 Å². The summed E-state index contributed by atoms with van der Waals surface area (Å²) in [5, 5.41) is 0. The van der Waals surface area contributed by atoms with Crippen molar-refractivity contribution in [3.8, 4) is 11.5 Å². The minimum atomic E-state index is -0.502. The number of hydrogen-bond donors (Lipinski definition) is 0. The van der Waals surface area contributed by atoms with Crippen molar-refractivity contribution in [3.05, 3.63) is 58.0 Å². The lowest BCUT2D eigenvalue weighted by molar-refractivity contribution is -0.129. The molecule has 0 aliphatic carbocycles. The van der Waals surface area contributed by atoms with Crippen molar-refractivity contribution in [2.75, 3.05) is 6.79 Å². The summed E-state index contributed by atoms with van der Waals surface area (Å²) in [4.78, 5) is 20.3. The molecule has 4 rings (SSSR count). The number of aromatic nitrogens is 1. The molecule has 0 amide bonds. The van der Waals surface area contributed by atoms with Crippen LogP contribution in [-0.2, 0) is 9.53 Å². The molecule has 1 aromatic heterocycles. The van der Waals surface area contributed by atoms with E-state index in [1.807, 2.05) is 6.07 Å². The zero-order chi connectivity index (χ0) is 15.8. The Morgan fingerprint density at radius 1 is 1.13 bits per heavy atom. The van der Waals surface area contributed by atoms with Gasteiger partial charge in [-0.3, -0.25) is 4.98 Å². The summed E-state index contributed by atoms with van der Waals surface area (Å²) in [5.41, 5.74) is 1.62. The summed E-state index contributed by atoms with van der Waals surface area (Å²) in [5.74, 6) is 1.06. The molecule has 0 atom stereocenters. The average molecular weight is 373 g/mol. The fraction of sp³-hybridized carbons (Fsp3) is 0.0625. The van der Waals surface area contributed by atoms with Crippen molar-refractivity contribution >= 4 is 33.9 Å². The second kappa shape index (κ2) is 5.51. The van der Waals surface area contributed by atoms with Crippen LogP contribution in [0.2, 0.25) is 0 Å². The Balaban J connectivity index is 1.67. The number of halogens is 1. The molecule has 7 heteroatoms. The summed E-state index contributed by atoms with van der Waals surface area (Å²) in [6.07, 6.45) is 4.87. The monoisotopic (exact) mass is 372 g/mol. The molecule has 2 aromatic rings. The van der Waals surface area contributed by atoms with Gasteiger partial charge in [-0.15, -0.1) is 0 Å². The number of cyclic esters (lactones) is 1. The second-order valence-electron chi connectivity index (χ2n) is 4.84. The van der Waals surface area contributed by atoms with Crippen LogP contribution in [0.15, 0.2) is 51.8 Å². The number of ether oxygens (including phenoxy) is 3. The SMILES string of the molecule is O=C1OC(c2cncc(Br)c2)=N/C1=C/c1ccc2c(c1)OCO2. The molecular weight excluding hydrogens is 364 g/mol. The largest absolute Gasteiger partial charge is 0.454 e. The molecule has 23 heavy (non-hydrogen) atoms. The van der Waals surface area contributed by atoms with Gasteiger partial charge in [0.2, 0.25) is 12.7 Å². The Hall–Kier alpha value is -2.67. The van der Waals surface area contributed by atoms with Crippen molar-refractivity contribution in [1.29, 1.82) is 0 Å². The van der Waals surface area contributed by atoms with Gasteiger partial charge in [0.15, 0.2) is 17.2 Å². The lowest BCUT2D eigenvalue weighted by atomic mass is 10.1. The van der Waals surface area contributed by atoms with Crippen molar-refractivity contribution in [3.63, 3.8) is 0 Å². The van der Waals surface area contributed by atoms with E-state index in [1.165, 1.54) is 0 Å². The Kier molecular flexibility index (Phi) is 3.34. The molecule has 0 unspecified atom stereocenters. The molecule has 0 radical (unpaired) electrons. The topological polar surface area (TPSA) is 70.0 Å². The Morgan fingerprint density at radius 3 is 2.87 bits per heavy atom. The van der Waals surface area contributed by atoms with Crippen LogP contribution in [0.4, 0.5) is 0 Å². The van der Waals surface area contributed by atoms with E-state index in [1.54, 1.807) is 36.7 Å². The molecular formula is C16H9BrN2O4. The van der Waals surface area contributed by atoms with Gasteiger partial charge in [-0.1, -0.05) is 6.07 Å². The van der Waals surface area contributed by atoms with Gasteiger partial charge in [-0.2, -0.15) is 0 Å². The van der Waals surface area contributed by atoms with Crippen molar-refractivity contribution < 1.29 is 19.0 Å². The first-order valence-corrected chi connectivity index (χ1v) is 7.51. The van der Waals surface area contributed by atoms with Gasteiger partial charge in [0.05, 0.1) is 5.56 Å². The zero-order valence-electron chi connectivity index (χ0n) is 11.7. The number of carbonyl (C=O) groups excluding carboxylic acids is 1. The number of aliphatic imine (C=N–C) groups is 1. The smallest absolute Gasteiger partial charge is 0.363 e. The van der Waals surface area contributed by atoms with Crippen LogP contribution < -0.4 is 9.47 Å². The third-order valence-corrected chi connectivity index (χ3v) is 3.71. The first kappa shape index (κ1) is 14.0. The van der Waals surface area contributed by atoms with Gasteiger partial charge in [-0.05, 0) is 45.8 Å². The lowest BCUT2D eigenvalue weighted by Crippen LogP contribution is -2.05. The number of esters is 1. The van der Waals surface area contributed by atoms with E-state index in [9.17, 15) is 4.79 Å². The summed E-state index contributed by atoms with van der Waals surface area (Å²) in [7, 11) is 0. The molecule has 114 valence electrons. The van der Waals surface area contributed by atoms with E-state index in [0.717, 1.165) is 10.0 Å². The summed E-state index contributed by atoms with van der Waals surface area (Å²) in [6.45, 7) is 0.204. The van der Waals surface area contributed by atoms with Gasteiger partial charge in [0, 0.05) is 16.9 Å². The first-order valence-electron chi connectivity index (χ1n) is 6.72. The molecule has 0 fully saturated rings. The number of fused-ring (bicyclic) bond motifs is 1. The van der Waals surface area contributed by atoms with E-state index in [0.29, 0.717) is 17.1 Å². The molecule has 2 aliphatic heterocycles. The molecule has 6 nitrogen and oxygen atoms in total. The highest BCUT2D eigenvalue weighted by Crippen LogP contribution is 2.33. The van der Waals surface area contributed by atoms with Gasteiger partial charge in [-0.25, -0.2) is 9.79 Å². The quantitative estimate of drug-likeness (QED) is 0.598. The number of nitrogens with zero attached hydrogens (tertiary/aromatic N) is 2. The van der Waals surface area contributed by atoms with E-state index in [2.05, 4.69) is 25.9 Å². The number of hydrogen-bond acceptors (Lipinski definition) is 6. The first-order chi connectivity index (χ1) is 11.2. The molecule has 0 saturated carbocycles. The van der Waals surface area contributed by atoms with E-state index in [-0.39, 0.29) is 18.4 Å². The van der Waals surface area contributed by atoms with Gasteiger partial charge < -0.3 is 14.2 Å². The molecule has 1 aromatic carbocycles. The van der Waals surface area contributed by atoms with Gasteiger partial charge >= 0.3 is 5.97 Å². The minimum Gasteiger partial charge on any atom is -0.454 e. The highest BCUT2D eigenvalue weighted by atomic mass is 79.9. The van der Waals surface area contributed by atoms with E-state index >= 15 is 0 Å². The minimum absolute atomic E-state index is 0.204. The van der Waals surface area contributed by atoms with Crippen LogP contribution in [-0.4, -0.2) is 23.6 Å². The number of rotatable bonds is 2. The van der Waals surface area contributed by atoms with Crippen LogP contribution in [0.25, 0.3) is 6.08 Å². The Bertz CT molecular complexity index is 876. The molecule has 2 aliphatic rings. The van der Waals surface area contributed by atoms with Crippen LogP contribution in [0, 0.1) is 0 Å². The average Bonchev–Trinajstić information content (AvgIpc) is 3.14. The number of benzene rings is 1. The molecule has 3 heterocycles. The van der Waals surface area contributed by atoms with Gasteiger partial charge in [0.1, 0.15) is 0 Å². The standard InChI is InChI=1S/C16H9BrN2O4/c17-11-5-10(6-18-7-11)15-19-12(16(20)23-15)3-9-1-2-13-14(4-9)22-8-21-13/h1-7H,8H2/b12-3+. The maximum absolute atomic E-state index is 12.0. The van der Waals surface area contributed by atoms with E-state index < -0.39 is 5.97 Å². The number of pyridine rings is 1. The zero-order valence-corrected chi connectivity index (χ0v) is 13.2. The van der Waals surface area contributed by atoms with E-state index in [4.69, 9.17) is 14.2 Å². The predicted molar refractivity (Wildman–Crippen MR) is 85.1 cm³/mol. The van der Waals surface area contributed by atoms with Gasteiger partial charge in [0.25, 0.3) is 0 Å². The lowest BCUT2D eigenvalue weighted by Gasteiger charge is -1.98. The third kappa shape index (κ3) is 2.70. The second-order valence-corrected chi connectivity index (χ2v) is 5.76. The number of carbonyl (C=O) groups is 1. The summed E-state index contributed by atoms with van der Waals surface area (Å²) >= 11 is 3.32.